The van der Waals surface area contributed by atoms with Crippen molar-refractivity contribution in [3.05, 3.63) is 28.3 Å². The van der Waals surface area contributed by atoms with Gasteiger partial charge in [-0.2, -0.15) is 0 Å². The summed E-state index contributed by atoms with van der Waals surface area (Å²) >= 11 is 0. The van der Waals surface area contributed by atoms with Crippen molar-refractivity contribution >= 4 is 21.4 Å². The molecule has 0 fully saturated rings. The van der Waals surface area contributed by atoms with E-state index in [1.165, 1.54) is 12.1 Å². The molecule has 0 unspecified atom stereocenters. The first-order valence-corrected chi connectivity index (χ1v) is 8.69. The number of nitro benzene ring substituents is 1. The minimum absolute atomic E-state index is 0.0967. The van der Waals surface area contributed by atoms with Gasteiger partial charge in [0.15, 0.2) is 0 Å². The maximum atomic E-state index is 12.1. The van der Waals surface area contributed by atoms with E-state index < -0.39 is 14.9 Å². The highest BCUT2D eigenvalue weighted by Crippen LogP contribution is 2.30. The lowest BCUT2D eigenvalue weighted by atomic mass is 10.2. The molecule has 0 aliphatic carbocycles. The Bertz CT molecular complexity index is 629. The van der Waals surface area contributed by atoms with Gasteiger partial charge in [0.2, 0.25) is 10.0 Å². The lowest BCUT2D eigenvalue weighted by Crippen LogP contribution is -2.30. The van der Waals surface area contributed by atoms with E-state index in [1.807, 2.05) is 6.92 Å². The van der Waals surface area contributed by atoms with Gasteiger partial charge in [0.1, 0.15) is 5.69 Å². The fourth-order valence-corrected chi connectivity index (χ4v) is 3.30. The summed E-state index contributed by atoms with van der Waals surface area (Å²) in [5.74, 6) is 0. The van der Waals surface area contributed by atoms with Crippen molar-refractivity contribution in [2.75, 3.05) is 18.5 Å². The molecule has 0 spiro atoms. The van der Waals surface area contributed by atoms with Crippen LogP contribution in [0.2, 0.25) is 0 Å². The molecule has 22 heavy (non-hydrogen) atoms. The van der Waals surface area contributed by atoms with Gasteiger partial charge in [-0.25, -0.2) is 13.1 Å². The van der Waals surface area contributed by atoms with E-state index in [2.05, 4.69) is 4.72 Å². The Labute approximate surface area is 131 Å². The Morgan fingerprint density at radius 2 is 2.00 bits per heavy atom. The van der Waals surface area contributed by atoms with Crippen LogP contribution >= 0.6 is 0 Å². The molecule has 0 amide bonds. The predicted molar refractivity (Wildman–Crippen MR) is 86.7 cm³/mol. The first kappa shape index (κ1) is 18.4. The number of benzene rings is 1. The highest BCUT2D eigenvalue weighted by Gasteiger charge is 2.23. The molecule has 0 saturated heterocycles. The summed E-state index contributed by atoms with van der Waals surface area (Å²) in [4.78, 5) is 12.4. The average molecular weight is 329 g/mol. The minimum Gasteiger partial charge on any atom is -0.369 e. The van der Waals surface area contributed by atoms with Crippen molar-refractivity contribution in [1.29, 1.82) is 0 Å². The fraction of sp³-hybridized carbons (Fsp3) is 0.571. The van der Waals surface area contributed by atoms with E-state index in [9.17, 15) is 18.5 Å². The van der Waals surface area contributed by atoms with Crippen LogP contribution in [0.3, 0.4) is 0 Å². The Hall–Kier alpha value is -1.67. The topological polar surface area (TPSA) is 92.6 Å². The summed E-state index contributed by atoms with van der Waals surface area (Å²) in [6.45, 7) is 6.10. The first-order chi connectivity index (χ1) is 10.2. The Morgan fingerprint density at radius 3 is 2.50 bits per heavy atom. The number of unbranched alkanes of at least 4 members (excludes halogenated alkanes) is 1. The van der Waals surface area contributed by atoms with E-state index in [4.69, 9.17) is 0 Å². The molecule has 1 aromatic carbocycles. The highest BCUT2D eigenvalue weighted by molar-refractivity contribution is 7.89. The number of hydrogen-bond donors (Lipinski definition) is 1. The molecule has 0 heterocycles. The number of hydrogen-bond acceptors (Lipinski definition) is 5. The molecule has 7 nitrogen and oxygen atoms in total. The smallest absolute Gasteiger partial charge is 0.293 e. The van der Waals surface area contributed by atoms with Crippen molar-refractivity contribution in [3.63, 3.8) is 0 Å². The van der Waals surface area contributed by atoms with Crippen LogP contribution in [0.5, 0.6) is 0 Å². The molecule has 0 radical (unpaired) electrons. The van der Waals surface area contributed by atoms with Gasteiger partial charge in [-0.3, -0.25) is 10.1 Å². The van der Waals surface area contributed by atoms with Gasteiger partial charge in [0.25, 0.3) is 5.69 Å². The molecule has 0 bridgehead atoms. The molecule has 0 saturated carbocycles. The van der Waals surface area contributed by atoms with Gasteiger partial charge in [0, 0.05) is 25.7 Å². The van der Waals surface area contributed by atoms with Crippen LogP contribution < -0.4 is 9.62 Å². The predicted octanol–water partition coefficient (Wildman–Crippen LogP) is 2.52. The lowest BCUT2D eigenvalue weighted by molar-refractivity contribution is -0.384. The second-order valence-corrected chi connectivity index (χ2v) is 7.17. The first-order valence-electron chi connectivity index (χ1n) is 7.21. The quantitative estimate of drug-likeness (QED) is 0.584. The van der Waals surface area contributed by atoms with Crippen molar-refractivity contribution in [1.82, 2.24) is 4.72 Å². The van der Waals surface area contributed by atoms with Crippen LogP contribution in [0, 0.1) is 10.1 Å². The van der Waals surface area contributed by atoms with Gasteiger partial charge in [-0.1, -0.05) is 13.3 Å². The highest BCUT2D eigenvalue weighted by atomic mass is 32.2. The standard InChI is InChI=1S/C14H23N3O4S/c1-5-6-9-16(4)13-8-7-12(10-14(13)17(18)19)22(20,21)15-11(2)3/h7-8,10-11,15H,5-6,9H2,1-4H3. The van der Waals surface area contributed by atoms with Crippen LogP contribution in [0.15, 0.2) is 23.1 Å². The maximum Gasteiger partial charge on any atom is 0.293 e. The van der Waals surface area contributed by atoms with Crippen LogP contribution in [0.1, 0.15) is 33.6 Å². The Kier molecular flexibility index (Phi) is 6.31. The van der Waals surface area contributed by atoms with Crippen molar-refractivity contribution < 1.29 is 13.3 Å². The average Bonchev–Trinajstić information content (AvgIpc) is 2.42. The second-order valence-electron chi connectivity index (χ2n) is 5.46. The molecule has 0 atom stereocenters. The van der Waals surface area contributed by atoms with Gasteiger partial charge in [-0.15, -0.1) is 0 Å². The van der Waals surface area contributed by atoms with E-state index in [0.717, 1.165) is 18.9 Å². The third-order valence-electron chi connectivity index (χ3n) is 3.10. The summed E-state index contributed by atoms with van der Waals surface area (Å²) in [6, 6.07) is 3.72. The third-order valence-corrected chi connectivity index (χ3v) is 4.76. The number of nitro groups is 1. The van der Waals surface area contributed by atoms with Crippen molar-refractivity contribution in [3.8, 4) is 0 Å². The lowest BCUT2D eigenvalue weighted by Gasteiger charge is -2.19. The SMILES string of the molecule is CCCCN(C)c1ccc(S(=O)(=O)NC(C)C)cc1[N+](=O)[O-]. The summed E-state index contributed by atoms with van der Waals surface area (Å²) in [5, 5.41) is 11.3. The van der Waals surface area contributed by atoms with Gasteiger partial charge in [-0.05, 0) is 32.4 Å². The van der Waals surface area contributed by atoms with Crippen LogP contribution in [-0.4, -0.2) is 33.0 Å². The molecular weight excluding hydrogens is 306 g/mol. The van der Waals surface area contributed by atoms with E-state index >= 15 is 0 Å². The number of sulfonamides is 1. The number of anilines is 1. The van der Waals surface area contributed by atoms with Crippen LogP contribution in [0.25, 0.3) is 0 Å². The van der Waals surface area contributed by atoms with E-state index in [-0.39, 0.29) is 16.6 Å². The molecule has 1 rings (SSSR count). The molecule has 1 aromatic rings. The van der Waals surface area contributed by atoms with Gasteiger partial charge in [0.05, 0.1) is 9.82 Å². The van der Waals surface area contributed by atoms with E-state index in [1.54, 1.807) is 25.8 Å². The molecule has 124 valence electrons. The van der Waals surface area contributed by atoms with Crippen LogP contribution in [0.4, 0.5) is 11.4 Å². The molecule has 1 N–H and O–H groups in total. The zero-order chi connectivity index (χ0) is 16.9. The van der Waals surface area contributed by atoms with E-state index in [0.29, 0.717) is 12.2 Å². The fourth-order valence-electron chi connectivity index (χ4n) is 2.03. The summed E-state index contributed by atoms with van der Waals surface area (Å²) in [7, 11) is -1.99. The number of rotatable bonds is 8. The van der Waals surface area contributed by atoms with Gasteiger partial charge >= 0.3 is 0 Å². The molecule has 8 heteroatoms. The van der Waals surface area contributed by atoms with Gasteiger partial charge < -0.3 is 4.90 Å². The normalized spacial score (nSPS) is 11.7. The minimum atomic E-state index is -3.75. The summed E-state index contributed by atoms with van der Waals surface area (Å²) in [5.41, 5.74) is 0.215. The molecular formula is C14H23N3O4S. The largest absolute Gasteiger partial charge is 0.369 e. The van der Waals surface area contributed by atoms with Crippen molar-refractivity contribution in [2.24, 2.45) is 0 Å². The maximum absolute atomic E-state index is 12.1. The molecule has 0 aliphatic heterocycles. The Morgan fingerprint density at radius 1 is 1.36 bits per heavy atom. The van der Waals surface area contributed by atoms with Crippen molar-refractivity contribution in [2.45, 2.75) is 44.6 Å². The second kappa shape index (κ2) is 7.55. The zero-order valence-corrected chi connectivity index (χ0v) is 14.2. The molecule has 0 aliphatic rings. The third kappa shape index (κ3) is 4.67. The molecule has 0 aromatic heterocycles. The zero-order valence-electron chi connectivity index (χ0n) is 13.4. The summed E-state index contributed by atoms with van der Waals surface area (Å²) < 4.78 is 26.7. The summed E-state index contributed by atoms with van der Waals surface area (Å²) in [6.07, 6.45) is 1.88. The monoisotopic (exact) mass is 329 g/mol. The Balaban J connectivity index is 3.23. The van der Waals surface area contributed by atoms with Crippen LogP contribution in [-0.2, 0) is 10.0 Å². The number of nitrogens with zero attached hydrogens (tertiary/aromatic N) is 2. The number of nitrogens with one attached hydrogen (secondary N) is 1.